The number of carboxylic acid groups (broad SMARTS) is 1. The SMILES string of the molecule is O=C([O-])Cc1oc(-c2cc3ccccc3s2)nc1-c1cccs1. The summed E-state index contributed by atoms with van der Waals surface area (Å²) in [5, 5.41) is 14.0. The molecule has 3 heterocycles. The van der Waals surface area contributed by atoms with E-state index in [4.69, 9.17) is 4.42 Å². The molecule has 6 heteroatoms. The number of benzene rings is 1. The van der Waals surface area contributed by atoms with E-state index in [1.807, 2.05) is 47.8 Å². The number of hydrogen-bond acceptors (Lipinski definition) is 6. The Balaban J connectivity index is 1.84. The Morgan fingerprint density at radius 2 is 2.04 bits per heavy atom. The van der Waals surface area contributed by atoms with Crippen LogP contribution in [0, 0.1) is 0 Å². The van der Waals surface area contributed by atoms with Crippen molar-refractivity contribution in [3.63, 3.8) is 0 Å². The van der Waals surface area contributed by atoms with Gasteiger partial charge in [0.2, 0.25) is 5.89 Å². The Kier molecular flexibility index (Phi) is 3.48. The first-order chi connectivity index (χ1) is 11.2. The molecule has 3 aromatic heterocycles. The van der Waals surface area contributed by atoms with Gasteiger partial charge in [-0.25, -0.2) is 4.98 Å². The van der Waals surface area contributed by atoms with Crippen molar-refractivity contribution in [2.24, 2.45) is 0 Å². The third kappa shape index (κ3) is 2.67. The molecule has 114 valence electrons. The topological polar surface area (TPSA) is 66.2 Å². The zero-order valence-corrected chi connectivity index (χ0v) is 13.4. The van der Waals surface area contributed by atoms with Gasteiger partial charge in [-0.15, -0.1) is 22.7 Å². The van der Waals surface area contributed by atoms with Crippen LogP contribution in [0.1, 0.15) is 5.76 Å². The van der Waals surface area contributed by atoms with Crippen LogP contribution in [-0.4, -0.2) is 11.0 Å². The van der Waals surface area contributed by atoms with Crippen molar-refractivity contribution in [3.8, 4) is 21.3 Å². The summed E-state index contributed by atoms with van der Waals surface area (Å²) in [5.74, 6) is -0.396. The van der Waals surface area contributed by atoms with Crippen LogP contribution in [0.3, 0.4) is 0 Å². The van der Waals surface area contributed by atoms with E-state index >= 15 is 0 Å². The molecule has 0 amide bonds. The molecule has 0 radical (unpaired) electrons. The molecule has 0 unspecified atom stereocenters. The first-order valence-electron chi connectivity index (χ1n) is 6.93. The van der Waals surface area contributed by atoms with Gasteiger partial charge in [0.05, 0.1) is 9.75 Å². The van der Waals surface area contributed by atoms with Crippen molar-refractivity contribution in [3.05, 3.63) is 53.6 Å². The molecule has 0 spiro atoms. The number of carbonyl (C=O) groups is 1. The molecule has 0 aliphatic rings. The van der Waals surface area contributed by atoms with Gasteiger partial charge in [0.15, 0.2) is 0 Å². The van der Waals surface area contributed by atoms with Gasteiger partial charge >= 0.3 is 0 Å². The molecule has 0 aliphatic heterocycles. The van der Waals surface area contributed by atoms with Crippen molar-refractivity contribution >= 4 is 38.7 Å². The number of aromatic nitrogens is 1. The van der Waals surface area contributed by atoms with Gasteiger partial charge < -0.3 is 14.3 Å². The molecular formula is C17H10NO3S2-. The lowest BCUT2D eigenvalue weighted by molar-refractivity contribution is -0.305. The first-order valence-corrected chi connectivity index (χ1v) is 8.63. The molecular weight excluding hydrogens is 330 g/mol. The second kappa shape index (κ2) is 5.64. The summed E-state index contributed by atoms with van der Waals surface area (Å²) < 4.78 is 6.89. The maximum atomic E-state index is 11.0. The third-order valence-corrected chi connectivity index (χ3v) is 5.37. The highest BCUT2D eigenvalue weighted by molar-refractivity contribution is 7.22. The Hall–Kier alpha value is -2.44. The summed E-state index contributed by atoms with van der Waals surface area (Å²) in [5.41, 5.74) is 0.580. The summed E-state index contributed by atoms with van der Waals surface area (Å²) in [6.45, 7) is 0. The lowest BCUT2D eigenvalue weighted by atomic mass is 10.2. The molecule has 0 N–H and O–H groups in total. The van der Waals surface area contributed by atoms with Gasteiger partial charge in [0.1, 0.15) is 11.5 Å². The van der Waals surface area contributed by atoms with Crippen molar-refractivity contribution in [2.45, 2.75) is 6.42 Å². The van der Waals surface area contributed by atoms with Crippen molar-refractivity contribution < 1.29 is 14.3 Å². The summed E-state index contributed by atoms with van der Waals surface area (Å²) >= 11 is 3.07. The lowest BCUT2D eigenvalue weighted by Crippen LogP contribution is -2.24. The predicted molar refractivity (Wildman–Crippen MR) is 89.3 cm³/mol. The van der Waals surface area contributed by atoms with Crippen LogP contribution in [-0.2, 0) is 11.2 Å². The monoisotopic (exact) mass is 340 g/mol. The van der Waals surface area contributed by atoms with Crippen LogP contribution in [0.5, 0.6) is 0 Å². The van der Waals surface area contributed by atoms with Crippen LogP contribution < -0.4 is 5.11 Å². The van der Waals surface area contributed by atoms with Crippen LogP contribution in [0.2, 0.25) is 0 Å². The van der Waals surface area contributed by atoms with E-state index in [0.717, 1.165) is 19.8 Å². The second-order valence-electron chi connectivity index (χ2n) is 4.97. The van der Waals surface area contributed by atoms with Gasteiger partial charge in [-0.2, -0.15) is 0 Å². The van der Waals surface area contributed by atoms with Crippen molar-refractivity contribution in [2.75, 3.05) is 0 Å². The number of oxazole rings is 1. The summed E-state index contributed by atoms with van der Waals surface area (Å²) in [6.07, 6.45) is -0.287. The molecule has 4 nitrogen and oxygen atoms in total. The van der Waals surface area contributed by atoms with E-state index < -0.39 is 5.97 Å². The molecule has 0 aliphatic carbocycles. The summed E-state index contributed by atoms with van der Waals surface area (Å²) in [6, 6.07) is 13.8. The fourth-order valence-electron chi connectivity index (χ4n) is 2.40. The Morgan fingerprint density at radius 1 is 1.17 bits per heavy atom. The highest BCUT2D eigenvalue weighted by Gasteiger charge is 2.18. The fraction of sp³-hybridized carbons (Fsp3) is 0.0588. The number of thiophene rings is 2. The van der Waals surface area contributed by atoms with Crippen molar-refractivity contribution in [1.82, 2.24) is 4.98 Å². The van der Waals surface area contributed by atoms with Crippen LogP contribution in [0.15, 0.2) is 52.3 Å². The largest absolute Gasteiger partial charge is 0.550 e. The van der Waals surface area contributed by atoms with E-state index in [2.05, 4.69) is 4.98 Å². The molecule has 0 saturated carbocycles. The minimum Gasteiger partial charge on any atom is -0.550 e. The predicted octanol–water partition coefficient (Wildman–Crippen LogP) is 3.58. The number of fused-ring (bicyclic) bond motifs is 1. The van der Waals surface area contributed by atoms with E-state index in [0.29, 0.717) is 17.3 Å². The standard InChI is InChI=1S/C17H11NO3S2/c19-15(20)9-11-16(13-6-3-7-22-13)18-17(21-11)14-8-10-4-1-2-5-12(10)23-14/h1-8H,9H2,(H,19,20)/p-1. The normalized spacial score (nSPS) is 11.1. The zero-order chi connectivity index (χ0) is 15.8. The molecule has 0 bridgehead atoms. The molecule has 23 heavy (non-hydrogen) atoms. The van der Waals surface area contributed by atoms with Crippen LogP contribution >= 0.6 is 22.7 Å². The highest BCUT2D eigenvalue weighted by Crippen LogP contribution is 2.37. The number of carbonyl (C=O) groups excluding carboxylic acids is 1. The van der Waals surface area contributed by atoms with E-state index in [1.54, 1.807) is 11.3 Å². The maximum absolute atomic E-state index is 11.0. The van der Waals surface area contributed by atoms with Crippen molar-refractivity contribution in [1.29, 1.82) is 0 Å². The minimum absolute atomic E-state index is 0.287. The Bertz CT molecular complexity index is 950. The van der Waals surface area contributed by atoms with Gasteiger partial charge in [0, 0.05) is 17.1 Å². The molecule has 4 rings (SSSR count). The molecule has 0 saturated heterocycles. The summed E-state index contributed by atoms with van der Waals surface area (Å²) in [4.78, 5) is 17.3. The first kappa shape index (κ1) is 14.2. The average Bonchev–Trinajstić information content (AvgIpc) is 3.25. The van der Waals surface area contributed by atoms with Gasteiger partial charge in [-0.05, 0) is 29.0 Å². The van der Waals surface area contributed by atoms with Crippen LogP contribution in [0.25, 0.3) is 31.4 Å². The zero-order valence-electron chi connectivity index (χ0n) is 11.8. The highest BCUT2D eigenvalue weighted by atomic mass is 32.1. The van der Waals surface area contributed by atoms with Gasteiger partial charge in [-0.1, -0.05) is 24.3 Å². The fourth-order valence-corrected chi connectivity index (χ4v) is 4.12. The molecule has 0 fully saturated rings. The number of rotatable bonds is 4. The number of nitrogens with zero attached hydrogens (tertiary/aromatic N) is 1. The molecule has 1 aromatic carbocycles. The van der Waals surface area contributed by atoms with E-state index in [-0.39, 0.29) is 6.42 Å². The summed E-state index contributed by atoms with van der Waals surface area (Å²) in [7, 11) is 0. The molecule has 0 atom stereocenters. The average molecular weight is 340 g/mol. The van der Waals surface area contributed by atoms with E-state index in [9.17, 15) is 9.90 Å². The van der Waals surface area contributed by atoms with Gasteiger partial charge in [0.25, 0.3) is 0 Å². The maximum Gasteiger partial charge on any atom is 0.237 e. The Labute approximate surface area is 139 Å². The Morgan fingerprint density at radius 3 is 2.78 bits per heavy atom. The molecule has 4 aromatic rings. The van der Waals surface area contributed by atoms with Gasteiger partial charge in [-0.3, -0.25) is 0 Å². The number of carboxylic acids is 1. The lowest BCUT2D eigenvalue weighted by Gasteiger charge is -1.99. The number of aliphatic carboxylic acids is 1. The minimum atomic E-state index is -1.18. The third-order valence-electron chi connectivity index (χ3n) is 3.39. The van der Waals surface area contributed by atoms with E-state index in [1.165, 1.54) is 11.3 Å². The smallest absolute Gasteiger partial charge is 0.237 e. The van der Waals surface area contributed by atoms with Crippen LogP contribution in [0.4, 0.5) is 0 Å². The quantitative estimate of drug-likeness (QED) is 0.569. The number of hydrogen-bond donors (Lipinski definition) is 0. The second-order valence-corrected chi connectivity index (χ2v) is 7.00.